The Morgan fingerprint density at radius 3 is 2.52 bits per heavy atom. The Balaban J connectivity index is 2.58. The van der Waals surface area contributed by atoms with Gasteiger partial charge >= 0.3 is 5.97 Å². The molecule has 0 bridgehead atoms. The van der Waals surface area contributed by atoms with Crippen LogP contribution in [-0.2, 0) is 0 Å². The van der Waals surface area contributed by atoms with Gasteiger partial charge in [0.1, 0.15) is 17.1 Å². The van der Waals surface area contributed by atoms with E-state index in [9.17, 15) is 19.3 Å². The number of carbonyl (C=O) groups is 1. The first-order chi connectivity index (χ1) is 9.93. The number of nitrogens with zero attached hydrogens (tertiary/aromatic N) is 1. The first kappa shape index (κ1) is 14.4. The molecule has 0 aliphatic rings. The normalized spacial score (nSPS) is 10.2. The van der Waals surface area contributed by atoms with E-state index in [2.05, 4.69) is 0 Å². The fourth-order valence-electron chi connectivity index (χ4n) is 1.89. The van der Waals surface area contributed by atoms with E-state index >= 15 is 0 Å². The van der Waals surface area contributed by atoms with Crippen molar-refractivity contribution in [2.45, 2.75) is 0 Å². The lowest BCUT2D eigenvalue weighted by Gasteiger charge is -2.07. The summed E-state index contributed by atoms with van der Waals surface area (Å²) >= 11 is 0. The molecule has 0 saturated heterocycles. The van der Waals surface area contributed by atoms with Crippen LogP contribution in [0.3, 0.4) is 0 Å². The van der Waals surface area contributed by atoms with Gasteiger partial charge in [-0.3, -0.25) is 10.1 Å². The van der Waals surface area contributed by atoms with E-state index in [0.717, 1.165) is 18.2 Å². The summed E-state index contributed by atoms with van der Waals surface area (Å²) in [6.07, 6.45) is 0. The number of nitro benzene ring substituents is 1. The molecule has 0 heterocycles. The van der Waals surface area contributed by atoms with Crippen molar-refractivity contribution in [3.8, 4) is 16.9 Å². The fraction of sp³-hybridized carbons (Fsp3) is 0.0714. The SMILES string of the molecule is COc1ccc(-c2ccc(C(=O)O)c([N+](=O)[O-])c2)c(F)c1. The monoisotopic (exact) mass is 291 g/mol. The zero-order chi connectivity index (χ0) is 15.6. The quantitative estimate of drug-likeness (QED) is 0.690. The molecule has 0 atom stereocenters. The summed E-state index contributed by atoms with van der Waals surface area (Å²) in [5.74, 6) is -1.72. The maximum atomic E-state index is 13.9. The Morgan fingerprint density at radius 1 is 1.29 bits per heavy atom. The molecule has 2 aromatic carbocycles. The molecule has 0 amide bonds. The van der Waals surface area contributed by atoms with Gasteiger partial charge in [0.25, 0.3) is 5.69 Å². The third-order valence-corrected chi connectivity index (χ3v) is 2.91. The van der Waals surface area contributed by atoms with E-state index in [-0.39, 0.29) is 11.1 Å². The average Bonchev–Trinajstić information content (AvgIpc) is 2.46. The lowest BCUT2D eigenvalue weighted by Crippen LogP contribution is -2.02. The summed E-state index contributed by atoms with van der Waals surface area (Å²) in [6, 6.07) is 7.50. The highest BCUT2D eigenvalue weighted by Gasteiger charge is 2.21. The summed E-state index contributed by atoms with van der Waals surface area (Å²) in [4.78, 5) is 21.0. The number of ether oxygens (including phenoxy) is 1. The van der Waals surface area contributed by atoms with E-state index in [0.29, 0.717) is 5.75 Å². The largest absolute Gasteiger partial charge is 0.497 e. The highest BCUT2D eigenvalue weighted by Crippen LogP contribution is 2.30. The average molecular weight is 291 g/mol. The first-order valence-electron chi connectivity index (χ1n) is 5.79. The van der Waals surface area contributed by atoms with Crippen LogP contribution in [0.1, 0.15) is 10.4 Å². The van der Waals surface area contributed by atoms with Gasteiger partial charge < -0.3 is 9.84 Å². The van der Waals surface area contributed by atoms with Gasteiger partial charge in [-0.05, 0) is 23.8 Å². The van der Waals surface area contributed by atoms with Crippen LogP contribution >= 0.6 is 0 Å². The topological polar surface area (TPSA) is 89.7 Å². The summed E-state index contributed by atoms with van der Waals surface area (Å²) in [7, 11) is 1.39. The van der Waals surface area contributed by atoms with Gasteiger partial charge in [0.05, 0.1) is 12.0 Å². The third kappa shape index (κ3) is 2.81. The number of aromatic carboxylic acids is 1. The lowest BCUT2D eigenvalue weighted by molar-refractivity contribution is -0.385. The number of carboxylic acids is 1. The van der Waals surface area contributed by atoms with Crippen LogP contribution in [0.15, 0.2) is 36.4 Å². The number of hydrogen-bond donors (Lipinski definition) is 1. The van der Waals surface area contributed by atoms with Crippen molar-refractivity contribution < 1.29 is 24.0 Å². The second-order valence-corrected chi connectivity index (χ2v) is 4.14. The van der Waals surface area contributed by atoms with E-state index in [1.165, 1.54) is 25.3 Å². The van der Waals surface area contributed by atoms with E-state index in [1.54, 1.807) is 0 Å². The lowest BCUT2D eigenvalue weighted by atomic mass is 10.0. The molecule has 0 aromatic heterocycles. The Morgan fingerprint density at radius 2 is 2.00 bits per heavy atom. The minimum absolute atomic E-state index is 0.121. The van der Waals surface area contributed by atoms with Gasteiger partial charge in [0.15, 0.2) is 0 Å². The summed E-state index contributed by atoms with van der Waals surface area (Å²) in [5, 5.41) is 19.8. The molecule has 0 unspecified atom stereocenters. The van der Waals surface area contributed by atoms with Gasteiger partial charge in [0, 0.05) is 17.7 Å². The maximum Gasteiger partial charge on any atom is 0.342 e. The van der Waals surface area contributed by atoms with Crippen molar-refractivity contribution in [2.24, 2.45) is 0 Å². The standard InChI is InChI=1S/C14H10FNO5/c1-21-9-3-5-10(12(15)7-9)8-2-4-11(14(17)18)13(6-8)16(19)20/h2-7H,1H3,(H,17,18). The van der Waals surface area contributed by atoms with Crippen LogP contribution < -0.4 is 4.74 Å². The van der Waals surface area contributed by atoms with E-state index < -0.39 is 28.0 Å². The van der Waals surface area contributed by atoms with Crippen molar-refractivity contribution in [1.82, 2.24) is 0 Å². The molecule has 0 radical (unpaired) electrons. The number of methoxy groups -OCH3 is 1. The van der Waals surface area contributed by atoms with Gasteiger partial charge in [-0.2, -0.15) is 0 Å². The Labute approximate surface area is 118 Å². The highest BCUT2D eigenvalue weighted by atomic mass is 19.1. The number of benzene rings is 2. The third-order valence-electron chi connectivity index (χ3n) is 2.91. The van der Waals surface area contributed by atoms with Crippen LogP contribution in [0.5, 0.6) is 5.75 Å². The molecule has 0 aliphatic heterocycles. The van der Waals surface area contributed by atoms with Gasteiger partial charge in [-0.1, -0.05) is 6.07 Å². The second kappa shape index (κ2) is 5.58. The molecule has 0 fully saturated rings. The number of rotatable bonds is 4. The predicted molar refractivity (Wildman–Crippen MR) is 72.0 cm³/mol. The molecule has 0 spiro atoms. The van der Waals surface area contributed by atoms with Gasteiger partial charge in [-0.25, -0.2) is 9.18 Å². The van der Waals surface area contributed by atoms with Crippen molar-refractivity contribution >= 4 is 11.7 Å². The van der Waals surface area contributed by atoms with Gasteiger partial charge in [0.2, 0.25) is 0 Å². The van der Waals surface area contributed by atoms with Crippen LogP contribution in [0.25, 0.3) is 11.1 Å². The second-order valence-electron chi connectivity index (χ2n) is 4.14. The highest BCUT2D eigenvalue weighted by molar-refractivity contribution is 5.93. The number of carboxylic acid groups (broad SMARTS) is 1. The molecule has 21 heavy (non-hydrogen) atoms. The zero-order valence-corrected chi connectivity index (χ0v) is 10.9. The van der Waals surface area contributed by atoms with Crippen LogP contribution in [-0.4, -0.2) is 23.1 Å². The van der Waals surface area contributed by atoms with Crippen molar-refractivity contribution in [3.63, 3.8) is 0 Å². The maximum absolute atomic E-state index is 13.9. The van der Waals surface area contributed by atoms with Crippen LogP contribution in [0.4, 0.5) is 10.1 Å². The molecule has 2 aromatic rings. The van der Waals surface area contributed by atoms with Gasteiger partial charge in [-0.15, -0.1) is 0 Å². The van der Waals surface area contributed by atoms with E-state index in [1.807, 2.05) is 0 Å². The molecule has 1 N–H and O–H groups in total. The van der Waals surface area contributed by atoms with Crippen molar-refractivity contribution in [3.05, 3.63) is 57.9 Å². The number of halogens is 1. The van der Waals surface area contributed by atoms with E-state index in [4.69, 9.17) is 9.84 Å². The van der Waals surface area contributed by atoms with Crippen LogP contribution in [0.2, 0.25) is 0 Å². The Kier molecular flexibility index (Phi) is 3.84. The molecule has 0 aliphatic carbocycles. The molecule has 0 saturated carbocycles. The molecule has 6 nitrogen and oxygen atoms in total. The first-order valence-corrected chi connectivity index (χ1v) is 5.79. The number of nitro groups is 1. The molecular formula is C14H10FNO5. The number of hydrogen-bond acceptors (Lipinski definition) is 4. The van der Waals surface area contributed by atoms with Crippen molar-refractivity contribution in [2.75, 3.05) is 7.11 Å². The van der Waals surface area contributed by atoms with Crippen molar-refractivity contribution in [1.29, 1.82) is 0 Å². The predicted octanol–water partition coefficient (Wildman–Crippen LogP) is 3.11. The minimum atomic E-state index is -1.41. The van der Waals surface area contributed by atoms with Crippen LogP contribution in [0, 0.1) is 15.9 Å². The smallest absolute Gasteiger partial charge is 0.342 e. The molecule has 2 rings (SSSR count). The summed E-state index contributed by atoms with van der Waals surface area (Å²) < 4.78 is 18.8. The summed E-state index contributed by atoms with van der Waals surface area (Å²) in [6.45, 7) is 0. The Hall–Kier alpha value is -2.96. The molecule has 108 valence electrons. The molecular weight excluding hydrogens is 281 g/mol. The fourth-order valence-corrected chi connectivity index (χ4v) is 1.89. The summed E-state index contributed by atoms with van der Waals surface area (Å²) in [5.41, 5.74) is -0.699. The zero-order valence-electron chi connectivity index (χ0n) is 10.9. The minimum Gasteiger partial charge on any atom is -0.497 e. The Bertz CT molecular complexity index is 729. The molecule has 7 heteroatoms.